The number of para-hydroxylation sites is 1. The molecular formula is C18H23N3O3. The second-order valence-corrected chi connectivity index (χ2v) is 6.12. The molecule has 3 rings (SSSR count). The van der Waals surface area contributed by atoms with E-state index in [2.05, 4.69) is 29.2 Å². The number of carbonyl (C=O) groups excluding carboxylic acids is 1. The molecule has 128 valence electrons. The van der Waals surface area contributed by atoms with Gasteiger partial charge in [-0.25, -0.2) is 0 Å². The molecule has 1 aromatic carbocycles. The predicted molar refractivity (Wildman–Crippen MR) is 91.0 cm³/mol. The molecule has 24 heavy (non-hydrogen) atoms. The fraction of sp³-hybridized carbons (Fsp3) is 0.444. The maximum absolute atomic E-state index is 12.7. The van der Waals surface area contributed by atoms with Gasteiger partial charge < -0.3 is 19.1 Å². The Morgan fingerprint density at radius 1 is 1.42 bits per heavy atom. The monoisotopic (exact) mass is 329 g/mol. The van der Waals surface area contributed by atoms with Crippen LogP contribution in [0.3, 0.4) is 0 Å². The van der Waals surface area contributed by atoms with Crippen LogP contribution in [0.15, 0.2) is 40.9 Å². The summed E-state index contributed by atoms with van der Waals surface area (Å²) in [5.74, 6) is 0.503. The summed E-state index contributed by atoms with van der Waals surface area (Å²) < 4.78 is 10.1. The number of amides is 1. The van der Waals surface area contributed by atoms with Crippen molar-refractivity contribution >= 4 is 11.6 Å². The number of likely N-dealkylation sites (tertiary alicyclic amines) is 1. The molecule has 1 aromatic heterocycles. The number of nitrogens with zero attached hydrogens (tertiary/aromatic N) is 3. The Bertz CT molecular complexity index is 671. The van der Waals surface area contributed by atoms with Crippen molar-refractivity contribution in [3.05, 3.63) is 47.9 Å². The Hall–Kier alpha value is -2.34. The zero-order valence-corrected chi connectivity index (χ0v) is 14.1. The lowest BCUT2D eigenvalue weighted by Crippen LogP contribution is -2.42. The summed E-state index contributed by atoms with van der Waals surface area (Å²) in [6.45, 7) is 1.89. The van der Waals surface area contributed by atoms with Crippen LogP contribution in [0.25, 0.3) is 0 Å². The Kier molecular flexibility index (Phi) is 5.15. The van der Waals surface area contributed by atoms with Crippen LogP contribution >= 0.6 is 0 Å². The quantitative estimate of drug-likeness (QED) is 0.815. The number of rotatable bonds is 6. The molecule has 0 saturated carbocycles. The zero-order chi connectivity index (χ0) is 16.9. The van der Waals surface area contributed by atoms with Crippen LogP contribution in [0.5, 0.6) is 0 Å². The molecular weight excluding hydrogens is 306 g/mol. The molecule has 1 saturated heterocycles. The molecule has 1 amide bonds. The molecule has 0 bridgehead atoms. The molecule has 2 heterocycles. The van der Waals surface area contributed by atoms with Crippen LogP contribution in [0.2, 0.25) is 0 Å². The average molecular weight is 329 g/mol. The van der Waals surface area contributed by atoms with Gasteiger partial charge >= 0.3 is 0 Å². The van der Waals surface area contributed by atoms with Gasteiger partial charge in [-0.15, -0.1) is 0 Å². The van der Waals surface area contributed by atoms with Crippen LogP contribution in [0.1, 0.15) is 29.1 Å². The molecule has 0 spiro atoms. The largest absolute Gasteiger partial charge is 0.377 e. The number of methoxy groups -OCH3 is 1. The highest BCUT2D eigenvalue weighted by molar-refractivity contribution is 5.92. The maximum atomic E-state index is 12.7. The lowest BCUT2D eigenvalue weighted by molar-refractivity contribution is 0.0729. The fourth-order valence-corrected chi connectivity index (χ4v) is 3.17. The van der Waals surface area contributed by atoms with E-state index in [9.17, 15) is 4.79 Å². The number of hydrogen-bond donors (Lipinski definition) is 0. The number of anilines is 1. The van der Waals surface area contributed by atoms with Crippen molar-refractivity contribution < 1.29 is 14.1 Å². The Morgan fingerprint density at radius 2 is 2.21 bits per heavy atom. The molecule has 1 fully saturated rings. The van der Waals surface area contributed by atoms with E-state index in [0.29, 0.717) is 18.1 Å². The van der Waals surface area contributed by atoms with E-state index in [0.717, 1.165) is 31.6 Å². The van der Waals surface area contributed by atoms with E-state index >= 15 is 0 Å². The highest BCUT2D eigenvalue weighted by atomic mass is 16.5. The summed E-state index contributed by atoms with van der Waals surface area (Å²) in [7, 11) is 3.64. The van der Waals surface area contributed by atoms with E-state index in [-0.39, 0.29) is 11.9 Å². The number of hydrogen-bond acceptors (Lipinski definition) is 5. The number of carbonyl (C=O) groups is 1. The van der Waals surface area contributed by atoms with E-state index in [4.69, 9.17) is 9.26 Å². The van der Waals surface area contributed by atoms with Crippen molar-refractivity contribution in [3.8, 4) is 0 Å². The summed E-state index contributed by atoms with van der Waals surface area (Å²) >= 11 is 0. The van der Waals surface area contributed by atoms with Gasteiger partial charge in [0.25, 0.3) is 5.91 Å². The third kappa shape index (κ3) is 3.59. The van der Waals surface area contributed by atoms with E-state index in [1.807, 2.05) is 23.1 Å². The maximum Gasteiger partial charge on any atom is 0.276 e. The predicted octanol–water partition coefficient (Wildman–Crippen LogP) is 2.56. The SMILES string of the molecule is COCc1cc(C(=O)N2CCC[C@H]2CN(C)c2ccccc2)no1. The molecule has 1 aliphatic heterocycles. The molecule has 0 unspecified atom stereocenters. The zero-order valence-electron chi connectivity index (χ0n) is 14.1. The van der Waals surface area contributed by atoms with Crippen molar-refractivity contribution in [1.29, 1.82) is 0 Å². The Balaban J connectivity index is 1.67. The van der Waals surface area contributed by atoms with Gasteiger partial charge in [0, 0.05) is 45.0 Å². The normalized spacial score (nSPS) is 17.2. The van der Waals surface area contributed by atoms with E-state index < -0.39 is 0 Å². The minimum atomic E-state index is -0.0648. The lowest BCUT2D eigenvalue weighted by Gasteiger charge is -2.29. The van der Waals surface area contributed by atoms with Gasteiger partial charge in [0.2, 0.25) is 0 Å². The molecule has 1 aliphatic rings. The van der Waals surface area contributed by atoms with Crippen molar-refractivity contribution in [1.82, 2.24) is 10.1 Å². The van der Waals surface area contributed by atoms with Crippen LogP contribution in [-0.2, 0) is 11.3 Å². The van der Waals surface area contributed by atoms with Crippen molar-refractivity contribution in [2.24, 2.45) is 0 Å². The Labute approximate surface area is 142 Å². The van der Waals surface area contributed by atoms with Crippen LogP contribution in [0.4, 0.5) is 5.69 Å². The molecule has 2 aromatic rings. The van der Waals surface area contributed by atoms with Crippen molar-refractivity contribution in [3.63, 3.8) is 0 Å². The number of likely N-dealkylation sites (N-methyl/N-ethyl adjacent to an activating group) is 1. The fourth-order valence-electron chi connectivity index (χ4n) is 3.17. The smallest absolute Gasteiger partial charge is 0.276 e. The first-order valence-corrected chi connectivity index (χ1v) is 8.20. The first-order valence-electron chi connectivity index (χ1n) is 8.20. The van der Waals surface area contributed by atoms with Gasteiger partial charge in [0.05, 0.1) is 0 Å². The summed E-state index contributed by atoms with van der Waals surface area (Å²) in [6, 6.07) is 12.1. The second kappa shape index (κ2) is 7.49. The molecule has 6 nitrogen and oxygen atoms in total. The van der Waals surface area contributed by atoms with Gasteiger partial charge in [0.15, 0.2) is 11.5 Å². The van der Waals surface area contributed by atoms with Gasteiger partial charge in [-0.1, -0.05) is 23.4 Å². The van der Waals surface area contributed by atoms with E-state index in [1.165, 1.54) is 0 Å². The highest BCUT2D eigenvalue weighted by Gasteiger charge is 2.31. The third-order valence-corrected chi connectivity index (χ3v) is 4.38. The average Bonchev–Trinajstić information content (AvgIpc) is 3.25. The minimum Gasteiger partial charge on any atom is -0.377 e. The minimum absolute atomic E-state index is 0.0648. The van der Waals surface area contributed by atoms with Gasteiger partial charge in [0.1, 0.15) is 6.61 Å². The van der Waals surface area contributed by atoms with Gasteiger partial charge in [-0.05, 0) is 25.0 Å². The first kappa shape index (κ1) is 16.5. The number of benzene rings is 1. The molecule has 1 atom stereocenters. The van der Waals surface area contributed by atoms with Crippen LogP contribution in [-0.4, -0.2) is 49.3 Å². The standard InChI is InChI=1S/C18H23N3O3/c1-20(14-7-4-3-5-8-14)12-15-9-6-10-21(15)18(22)17-11-16(13-23-2)24-19-17/h3-5,7-8,11,15H,6,9-10,12-13H2,1-2H3/t15-/m0/s1. The number of aromatic nitrogens is 1. The lowest BCUT2D eigenvalue weighted by atomic mass is 10.2. The van der Waals surface area contributed by atoms with Crippen molar-refractivity contribution in [2.75, 3.05) is 32.1 Å². The summed E-state index contributed by atoms with van der Waals surface area (Å²) in [5.41, 5.74) is 1.51. The Morgan fingerprint density at radius 3 is 2.96 bits per heavy atom. The second-order valence-electron chi connectivity index (χ2n) is 6.12. The van der Waals surface area contributed by atoms with Crippen LogP contribution < -0.4 is 4.90 Å². The molecule has 0 aliphatic carbocycles. The van der Waals surface area contributed by atoms with E-state index in [1.54, 1.807) is 13.2 Å². The third-order valence-electron chi connectivity index (χ3n) is 4.38. The highest BCUT2D eigenvalue weighted by Crippen LogP contribution is 2.23. The number of ether oxygens (including phenoxy) is 1. The summed E-state index contributed by atoms with van der Waals surface area (Å²) in [5, 5.41) is 3.89. The van der Waals surface area contributed by atoms with Crippen molar-refractivity contribution in [2.45, 2.75) is 25.5 Å². The van der Waals surface area contributed by atoms with Gasteiger partial charge in [-0.2, -0.15) is 0 Å². The molecule has 0 radical (unpaired) electrons. The van der Waals surface area contributed by atoms with Crippen LogP contribution in [0, 0.1) is 0 Å². The first-order chi connectivity index (χ1) is 11.7. The molecule has 0 N–H and O–H groups in total. The summed E-state index contributed by atoms with van der Waals surface area (Å²) in [6.07, 6.45) is 2.02. The summed E-state index contributed by atoms with van der Waals surface area (Å²) in [4.78, 5) is 16.8. The van der Waals surface area contributed by atoms with Gasteiger partial charge in [-0.3, -0.25) is 4.79 Å². The molecule has 6 heteroatoms. The topological polar surface area (TPSA) is 58.8 Å².